The maximum Gasteiger partial charge on any atom is 0.254 e. The Balaban J connectivity index is 1.75. The number of benzene rings is 1. The summed E-state index contributed by atoms with van der Waals surface area (Å²) < 4.78 is 26.3. The second-order valence-corrected chi connectivity index (χ2v) is 5.95. The van der Waals surface area contributed by atoms with Gasteiger partial charge in [0.15, 0.2) is 5.82 Å². The van der Waals surface area contributed by atoms with Crippen LogP contribution in [0.1, 0.15) is 21.8 Å². The molecule has 0 bridgehead atoms. The van der Waals surface area contributed by atoms with E-state index >= 15 is 0 Å². The van der Waals surface area contributed by atoms with Crippen LogP contribution in [-0.2, 0) is 4.79 Å². The Bertz CT molecular complexity index is 832. The number of alkyl halides is 1. The molecule has 0 saturated heterocycles. The molecule has 2 amide bonds. The number of amides is 2. The zero-order valence-electron chi connectivity index (χ0n) is 14.1. The Morgan fingerprint density at radius 1 is 1.38 bits per heavy atom. The molecule has 6 nitrogen and oxygen atoms in total. The number of aromatic nitrogens is 2. The van der Waals surface area contributed by atoms with Gasteiger partial charge in [-0.1, -0.05) is 24.4 Å². The van der Waals surface area contributed by atoms with Crippen molar-refractivity contribution in [3.63, 3.8) is 0 Å². The lowest BCUT2D eigenvalue weighted by molar-refractivity contribution is -0.117. The van der Waals surface area contributed by atoms with E-state index < -0.39 is 24.3 Å². The Hall–Kier alpha value is -2.84. The van der Waals surface area contributed by atoms with Gasteiger partial charge in [-0.25, -0.2) is 14.4 Å². The van der Waals surface area contributed by atoms with Crippen molar-refractivity contribution in [1.29, 1.82) is 0 Å². The summed E-state index contributed by atoms with van der Waals surface area (Å²) in [6.45, 7) is 1.07. The lowest BCUT2D eigenvalue weighted by atomic mass is 9.71. The molecule has 1 unspecified atom stereocenters. The average molecular weight is 357 g/mol. The van der Waals surface area contributed by atoms with Gasteiger partial charge in [0.25, 0.3) is 5.91 Å². The molecule has 0 fully saturated rings. The number of anilines is 1. The van der Waals surface area contributed by atoms with Crippen molar-refractivity contribution >= 4 is 30.5 Å². The van der Waals surface area contributed by atoms with Crippen molar-refractivity contribution in [2.45, 2.75) is 12.7 Å². The first-order chi connectivity index (χ1) is 12.5. The molecule has 1 aliphatic heterocycles. The van der Waals surface area contributed by atoms with Gasteiger partial charge in [-0.3, -0.25) is 19.3 Å². The monoisotopic (exact) mass is 357 g/mol. The number of halogens is 2. The second-order valence-electron chi connectivity index (χ2n) is 5.95. The molecule has 1 radical (unpaired) electrons. The van der Waals surface area contributed by atoms with Crippen molar-refractivity contribution in [3.05, 3.63) is 47.5 Å². The first-order valence-corrected chi connectivity index (χ1v) is 8.07. The van der Waals surface area contributed by atoms with E-state index in [9.17, 15) is 18.4 Å². The molecule has 133 valence electrons. The smallest absolute Gasteiger partial charge is 0.254 e. The summed E-state index contributed by atoms with van der Waals surface area (Å²) in [6.07, 6.45) is 1.85. The fraction of sp³-hybridized carbons (Fsp3) is 0.294. The van der Waals surface area contributed by atoms with E-state index in [0.29, 0.717) is 11.1 Å². The number of carbonyl (C=O) groups is 2. The van der Waals surface area contributed by atoms with Crippen LogP contribution >= 0.6 is 0 Å². The zero-order valence-corrected chi connectivity index (χ0v) is 14.1. The molecule has 2 heterocycles. The van der Waals surface area contributed by atoms with Crippen LogP contribution in [0.2, 0.25) is 6.82 Å². The maximum absolute atomic E-state index is 13.5. The quantitative estimate of drug-likeness (QED) is 0.815. The zero-order chi connectivity index (χ0) is 18.7. The minimum absolute atomic E-state index is 0.0635. The molecule has 3 rings (SSSR count). The van der Waals surface area contributed by atoms with E-state index in [1.165, 1.54) is 4.90 Å². The molecular formula is C17H16BF2N4O2. The molecular weight excluding hydrogens is 341 g/mol. The highest BCUT2D eigenvalue weighted by Crippen LogP contribution is 2.28. The molecule has 1 aromatic carbocycles. The van der Waals surface area contributed by atoms with Crippen LogP contribution in [0.25, 0.3) is 0 Å². The van der Waals surface area contributed by atoms with E-state index in [0.717, 1.165) is 17.9 Å². The predicted molar refractivity (Wildman–Crippen MR) is 92.9 cm³/mol. The summed E-state index contributed by atoms with van der Waals surface area (Å²) in [7, 11) is 1.88. The van der Waals surface area contributed by atoms with Crippen molar-refractivity contribution in [1.82, 2.24) is 14.9 Å². The number of hydrogen-bond acceptors (Lipinski definition) is 4. The van der Waals surface area contributed by atoms with E-state index in [-0.39, 0.29) is 24.9 Å². The average Bonchev–Trinajstić information content (AvgIpc) is 2.65. The maximum atomic E-state index is 13.5. The fourth-order valence-electron chi connectivity index (χ4n) is 2.89. The minimum Gasteiger partial charge on any atom is -0.329 e. The van der Waals surface area contributed by atoms with Crippen LogP contribution in [0, 0.1) is 5.82 Å². The summed E-state index contributed by atoms with van der Waals surface area (Å²) in [4.78, 5) is 33.3. The van der Waals surface area contributed by atoms with Crippen LogP contribution in [0.15, 0.2) is 30.6 Å². The van der Waals surface area contributed by atoms with Gasteiger partial charge in [0.1, 0.15) is 13.8 Å². The number of rotatable bonds is 5. The lowest BCUT2D eigenvalue weighted by Gasteiger charge is -2.33. The second kappa shape index (κ2) is 7.59. The van der Waals surface area contributed by atoms with Gasteiger partial charge in [0.05, 0.1) is 19.1 Å². The van der Waals surface area contributed by atoms with Crippen LogP contribution in [0.4, 0.5) is 14.7 Å². The number of carbonyl (C=O) groups excluding carboxylic acids is 2. The lowest BCUT2D eigenvalue weighted by Crippen LogP contribution is -2.45. The molecule has 0 aliphatic carbocycles. The van der Waals surface area contributed by atoms with E-state index in [4.69, 9.17) is 0 Å². The Morgan fingerprint density at radius 2 is 2.12 bits per heavy atom. The molecule has 1 aromatic heterocycles. The van der Waals surface area contributed by atoms with Crippen LogP contribution in [0.3, 0.4) is 0 Å². The minimum atomic E-state index is -0.632. The Labute approximate surface area is 149 Å². The first-order valence-electron chi connectivity index (χ1n) is 8.07. The third-order valence-electron chi connectivity index (χ3n) is 4.20. The largest absolute Gasteiger partial charge is 0.329 e. The van der Waals surface area contributed by atoms with Gasteiger partial charge in [-0.2, -0.15) is 0 Å². The summed E-state index contributed by atoms with van der Waals surface area (Å²) in [5.74, 6) is -2.05. The molecule has 2 aromatic rings. The fourth-order valence-corrected chi connectivity index (χ4v) is 2.89. The van der Waals surface area contributed by atoms with Gasteiger partial charge in [-0.05, 0) is 11.6 Å². The van der Waals surface area contributed by atoms with E-state index in [1.807, 2.05) is 14.1 Å². The first kappa shape index (κ1) is 18.0. The normalized spacial score (nSPS) is 16.2. The summed E-state index contributed by atoms with van der Waals surface area (Å²) in [5.41, 5.74) is 1.97. The third-order valence-corrected chi connectivity index (χ3v) is 4.20. The topological polar surface area (TPSA) is 75.2 Å². The van der Waals surface area contributed by atoms with Crippen molar-refractivity contribution in [2.24, 2.45) is 0 Å². The molecule has 1 N–H and O–H groups in total. The standard InChI is InChI=1S/C17H16BF2N4O2/c1-18-11-2-3-13-14(4-11)10(5-19)8-24(16(13)26)9-15(25)23-17-21-6-12(20)7-22-17/h2-4,6-7,10H,5,8-9H2,1H3,(H,21,22,23,25). The van der Waals surface area contributed by atoms with Crippen molar-refractivity contribution < 1.29 is 18.4 Å². The molecule has 26 heavy (non-hydrogen) atoms. The summed E-state index contributed by atoms with van der Waals surface area (Å²) in [6, 6.07) is 5.24. The Morgan fingerprint density at radius 3 is 2.77 bits per heavy atom. The number of hydrogen-bond donors (Lipinski definition) is 1. The van der Waals surface area contributed by atoms with Crippen molar-refractivity contribution in [2.75, 3.05) is 25.1 Å². The highest BCUT2D eigenvalue weighted by molar-refractivity contribution is 6.52. The summed E-state index contributed by atoms with van der Waals surface area (Å²) >= 11 is 0. The molecule has 1 aliphatic rings. The van der Waals surface area contributed by atoms with Gasteiger partial charge >= 0.3 is 0 Å². The van der Waals surface area contributed by atoms with E-state index in [1.54, 1.807) is 18.2 Å². The number of nitrogens with zero attached hydrogens (tertiary/aromatic N) is 3. The molecule has 9 heteroatoms. The SMILES string of the molecule is C[B]c1ccc2c(c1)C(CF)CN(CC(=O)Nc1ncc(F)cn1)C2=O. The van der Waals surface area contributed by atoms with Gasteiger partial charge in [-0.15, -0.1) is 0 Å². The highest BCUT2D eigenvalue weighted by atomic mass is 19.1. The van der Waals surface area contributed by atoms with Gasteiger partial charge < -0.3 is 4.90 Å². The van der Waals surface area contributed by atoms with Gasteiger partial charge in [0.2, 0.25) is 11.9 Å². The van der Waals surface area contributed by atoms with Gasteiger partial charge in [0, 0.05) is 18.0 Å². The van der Waals surface area contributed by atoms with Crippen LogP contribution < -0.4 is 10.8 Å². The predicted octanol–water partition coefficient (Wildman–Crippen LogP) is 1.14. The molecule has 0 saturated carbocycles. The van der Waals surface area contributed by atoms with Crippen LogP contribution in [-0.4, -0.2) is 53.7 Å². The molecule has 0 spiro atoms. The van der Waals surface area contributed by atoms with Crippen LogP contribution in [0.5, 0.6) is 0 Å². The van der Waals surface area contributed by atoms with E-state index in [2.05, 4.69) is 15.3 Å². The molecule has 1 atom stereocenters. The number of nitrogens with one attached hydrogen (secondary N) is 1. The summed E-state index contributed by atoms with van der Waals surface area (Å²) in [5, 5.41) is 2.39. The number of fused-ring (bicyclic) bond motifs is 1. The Kier molecular flexibility index (Phi) is 5.25. The highest BCUT2D eigenvalue weighted by Gasteiger charge is 2.32. The third kappa shape index (κ3) is 3.71. The van der Waals surface area contributed by atoms with Crippen molar-refractivity contribution in [3.8, 4) is 0 Å².